The summed E-state index contributed by atoms with van der Waals surface area (Å²) in [6.45, 7) is 3.73. The lowest BCUT2D eigenvalue weighted by atomic mass is 10.1. The van der Waals surface area contributed by atoms with Crippen molar-refractivity contribution < 1.29 is 17.9 Å². The van der Waals surface area contributed by atoms with Crippen LogP contribution in [0.15, 0.2) is 83.8 Å². The van der Waals surface area contributed by atoms with Crippen molar-refractivity contribution in [3.8, 4) is 5.75 Å². The van der Waals surface area contributed by atoms with Crippen LogP contribution in [0, 0.1) is 6.92 Å². The van der Waals surface area contributed by atoms with Gasteiger partial charge in [0, 0.05) is 13.0 Å². The lowest BCUT2D eigenvalue weighted by molar-refractivity contribution is -0.119. The number of hydrogen-bond acceptors (Lipinski definition) is 5. The number of ether oxygens (including phenoxy) is 1. The molecule has 0 atom stereocenters. The molecule has 1 amide bonds. The van der Waals surface area contributed by atoms with E-state index in [1.165, 1.54) is 23.3 Å². The number of aryl methyl sites for hydroxylation is 3. The monoisotopic (exact) mass is 494 g/mol. The summed E-state index contributed by atoms with van der Waals surface area (Å²) >= 11 is 0. The Bertz CT molecular complexity index is 1150. The van der Waals surface area contributed by atoms with Gasteiger partial charge in [-0.3, -0.25) is 4.79 Å². The molecule has 3 rings (SSSR count). The average Bonchev–Trinajstić information content (AvgIpc) is 2.85. The zero-order chi connectivity index (χ0) is 24.9. The van der Waals surface area contributed by atoms with E-state index in [2.05, 4.69) is 46.4 Å². The maximum absolute atomic E-state index is 12.2. The second-order valence-corrected chi connectivity index (χ2v) is 10.2. The zero-order valence-electron chi connectivity index (χ0n) is 20.2. The third-order valence-electron chi connectivity index (χ3n) is 5.57. The molecule has 0 aliphatic carbocycles. The first-order valence-electron chi connectivity index (χ1n) is 12.0. The van der Waals surface area contributed by atoms with Crippen LogP contribution in [0.2, 0.25) is 0 Å². The predicted octanol–water partition coefficient (Wildman–Crippen LogP) is 4.42. The number of carbonyl (C=O) groups is 1. The van der Waals surface area contributed by atoms with Gasteiger partial charge in [0.25, 0.3) is 10.0 Å². The zero-order valence-corrected chi connectivity index (χ0v) is 21.0. The SMILES string of the molecule is Cc1ccc(S(=O)(=O)NC(=O)CCNCCCc2ccc(OCCCc3ccccc3)cc2)cc1. The summed E-state index contributed by atoms with van der Waals surface area (Å²) in [6, 6.07) is 25.0. The summed E-state index contributed by atoms with van der Waals surface area (Å²) in [5.41, 5.74) is 3.51. The van der Waals surface area contributed by atoms with Gasteiger partial charge >= 0.3 is 0 Å². The van der Waals surface area contributed by atoms with Gasteiger partial charge in [-0.05, 0) is 74.5 Å². The molecule has 0 saturated carbocycles. The maximum Gasteiger partial charge on any atom is 0.264 e. The normalized spacial score (nSPS) is 11.2. The van der Waals surface area contributed by atoms with E-state index in [1.54, 1.807) is 12.1 Å². The highest BCUT2D eigenvalue weighted by Crippen LogP contribution is 2.14. The molecule has 186 valence electrons. The molecule has 35 heavy (non-hydrogen) atoms. The van der Waals surface area contributed by atoms with E-state index >= 15 is 0 Å². The summed E-state index contributed by atoms with van der Waals surface area (Å²) in [6.07, 6.45) is 3.92. The van der Waals surface area contributed by atoms with Crippen LogP contribution in [0.5, 0.6) is 5.75 Å². The predicted molar refractivity (Wildman–Crippen MR) is 139 cm³/mol. The maximum atomic E-state index is 12.2. The fraction of sp³-hybridized carbons (Fsp3) is 0.321. The van der Waals surface area contributed by atoms with Gasteiger partial charge < -0.3 is 10.1 Å². The lowest BCUT2D eigenvalue weighted by Gasteiger charge is -2.09. The number of rotatable bonds is 14. The minimum absolute atomic E-state index is 0.0908. The molecule has 3 aromatic rings. The number of carbonyl (C=O) groups excluding carboxylic acids is 1. The first kappa shape index (κ1) is 26.4. The molecule has 2 N–H and O–H groups in total. The molecule has 0 saturated heterocycles. The minimum Gasteiger partial charge on any atom is -0.494 e. The minimum atomic E-state index is -3.82. The van der Waals surface area contributed by atoms with Crippen LogP contribution in [0.25, 0.3) is 0 Å². The van der Waals surface area contributed by atoms with Gasteiger partial charge in [0.2, 0.25) is 5.91 Å². The average molecular weight is 495 g/mol. The summed E-state index contributed by atoms with van der Waals surface area (Å²) in [5, 5.41) is 3.20. The van der Waals surface area contributed by atoms with Crippen LogP contribution in [-0.2, 0) is 27.7 Å². The van der Waals surface area contributed by atoms with E-state index < -0.39 is 15.9 Å². The Morgan fingerprint density at radius 1 is 0.800 bits per heavy atom. The number of hydrogen-bond donors (Lipinski definition) is 2. The quantitative estimate of drug-likeness (QED) is 0.324. The van der Waals surface area contributed by atoms with Crippen molar-refractivity contribution >= 4 is 15.9 Å². The van der Waals surface area contributed by atoms with Crippen LogP contribution in [0.3, 0.4) is 0 Å². The largest absolute Gasteiger partial charge is 0.494 e. The molecule has 0 aliphatic rings. The van der Waals surface area contributed by atoms with Crippen LogP contribution in [0.1, 0.15) is 36.0 Å². The summed E-state index contributed by atoms with van der Waals surface area (Å²) in [7, 11) is -3.82. The molecule has 0 aliphatic heterocycles. The highest BCUT2D eigenvalue weighted by Gasteiger charge is 2.16. The Morgan fingerprint density at radius 2 is 1.46 bits per heavy atom. The second-order valence-electron chi connectivity index (χ2n) is 8.53. The molecular formula is C28H34N2O4S. The van der Waals surface area contributed by atoms with Crippen molar-refractivity contribution in [2.45, 2.75) is 43.9 Å². The van der Waals surface area contributed by atoms with Crippen molar-refractivity contribution in [1.82, 2.24) is 10.0 Å². The fourth-order valence-electron chi connectivity index (χ4n) is 3.59. The van der Waals surface area contributed by atoms with Gasteiger partial charge in [0.15, 0.2) is 0 Å². The smallest absolute Gasteiger partial charge is 0.264 e. The Hall–Kier alpha value is -3.16. The number of amides is 1. The molecule has 0 radical (unpaired) electrons. The van der Waals surface area contributed by atoms with Crippen LogP contribution >= 0.6 is 0 Å². The Labute approximate surface area is 208 Å². The summed E-state index contributed by atoms with van der Waals surface area (Å²) in [4.78, 5) is 12.1. The van der Waals surface area contributed by atoms with Crippen molar-refractivity contribution in [1.29, 1.82) is 0 Å². The Balaban J connectivity index is 1.25. The first-order chi connectivity index (χ1) is 16.9. The van der Waals surface area contributed by atoms with E-state index in [4.69, 9.17) is 4.74 Å². The van der Waals surface area contributed by atoms with Crippen molar-refractivity contribution in [3.05, 3.63) is 95.6 Å². The van der Waals surface area contributed by atoms with Gasteiger partial charge in [0.1, 0.15) is 5.75 Å². The van der Waals surface area contributed by atoms with Gasteiger partial charge in [-0.25, -0.2) is 13.1 Å². The Morgan fingerprint density at radius 3 is 2.17 bits per heavy atom. The van der Waals surface area contributed by atoms with Gasteiger partial charge in [-0.15, -0.1) is 0 Å². The topological polar surface area (TPSA) is 84.5 Å². The third kappa shape index (κ3) is 9.54. The molecule has 7 heteroatoms. The molecule has 0 aromatic heterocycles. The van der Waals surface area contributed by atoms with Gasteiger partial charge in [-0.1, -0.05) is 60.2 Å². The summed E-state index contributed by atoms with van der Waals surface area (Å²) < 4.78 is 32.4. The molecule has 6 nitrogen and oxygen atoms in total. The van der Waals surface area contributed by atoms with Crippen molar-refractivity contribution in [3.63, 3.8) is 0 Å². The second kappa shape index (κ2) is 13.7. The summed E-state index contributed by atoms with van der Waals surface area (Å²) in [5.74, 6) is 0.365. The van der Waals surface area contributed by atoms with E-state index in [1.807, 2.05) is 25.1 Å². The van der Waals surface area contributed by atoms with E-state index in [9.17, 15) is 13.2 Å². The molecule has 0 unspecified atom stereocenters. The molecule has 0 bridgehead atoms. The standard InChI is InChI=1S/C28H34N2O4S/c1-23-11-17-27(18-12-23)35(32,33)30-28(31)19-21-29-20-5-9-25-13-15-26(16-14-25)34-22-6-10-24-7-3-2-4-8-24/h2-4,7-8,11-18,29H,5-6,9-10,19-22H2,1H3,(H,30,31). The van der Waals surface area contributed by atoms with Crippen molar-refractivity contribution in [2.75, 3.05) is 19.7 Å². The molecule has 0 spiro atoms. The number of benzene rings is 3. The third-order valence-corrected chi connectivity index (χ3v) is 6.96. The van der Waals surface area contributed by atoms with Gasteiger partial charge in [-0.2, -0.15) is 0 Å². The Kier molecular flexibility index (Phi) is 10.3. The van der Waals surface area contributed by atoms with E-state index in [0.29, 0.717) is 13.2 Å². The molecule has 0 fully saturated rings. The first-order valence-corrected chi connectivity index (χ1v) is 13.5. The van der Waals surface area contributed by atoms with Crippen LogP contribution < -0.4 is 14.8 Å². The highest BCUT2D eigenvalue weighted by molar-refractivity contribution is 7.90. The highest BCUT2D eigenvalue weighted by atomic mass is 32.2. The van der Waals surface area contributed by atoms with Crippen LogP contribution in [0.4, 0.5) is 0 Å². The van der Waals surface area contributed by atoms with Crippen molar-refractivity contribution in [2.24, 2.45) is 0 Å². The van der Waals surface area contributed by atoms with E-state index in [0.717, 1.165) is 43.5 Å². The number of nitrogens with one attached hydrogen (secondary N) is 2. The van der Waals surface area contributed by atoms with Gasteiger partial charge in [0.05, 0.1) is 11.5 Å². The molecule has 3 aromatic carbocycles. The lowest BCUT2D eigenvalue weighted by Crippen LogP contribution is -2.33. The van der Waals surface area contributed by atoms with Crippen LogP contribution in [-0.4, -0.2) is 34.0 Å². The van der Waals surface area contributed by atoms with E-state index in [-0.39, 0.29) is 11.3 Å². The molecular weight excluding hydrogens is 460 g/mol. The molecule has 0 heterocycles. The number of sulfonamides is 1. The fourth-order valence-corrected chi connectivity index (χ4v) is 4.60.